The van der Waals surface area contributed by atoms with Crippen molar-refractivity contribution in [2.75, 3.05) is 0 Å². The van der Waals surface area contributed by atoms with Crippen LogP contribution in [0.1, 0.15) is 21.6 Å². The van der Waals surface area contributed by atoms with Gasteiger partial charge in [0.1, 0.15) is 5.75 Å². The average Bonchev–Trinajstić information content (AvgIpc) is 2.83. The number of pyridine rings is 1. The van der Waals surface area contributed by atoms with Gasteiger partial charge >= 0.3 is 0 Å². The van der Waals surface area contributed by atoms with Gasteiger partial charge in [0.25, 0.3) is 0 Å². The van der Waals surface area contributed by atoms with E-state index in [-0.39, 0.29) is 11.3 Å². The van der Waals surface area contributed by atoms with Crippen LogP contribution in [-0.2, 0) is 0 Å². The van der Waals surface area contributed by atoms with Gasteiger partial charge in [0.05, 0.1) is 11.3 Å². The Morgan fingerprint density at radius 3 is 2.94 bits per heavy atom. The van der Waals surface area contributed by atoms with E-state index in [0.29, 0.717) is 23.5 Å². The lowest BCUT2D eigenvalue weighted by molar-refractivity contribution is 0.112. The second kappa shape index (κ2) is 4.56. The predicted octanol–water partition coefficient (Wildman–Crippen LogP) is 1.38. The molecule has 2 rings (SSSR count). The van der Waals surface area contributed by atoms with Crippen LogP contribution >= 0.6 is 0 Å². The van der Waals surface area contributed by atoms with Crippen molar-refractivity contribution in [1.82, 2.24) is 15.0 Å². The summed E-state index contributed by atoms with van der Waals surface area (Å²) in [6, 6.07) is 0. The molecule has 17 heavy (non-hydrogen) atoms. The summed E-state index contributed by atoms with van der Waals surface area (Å²) in [5, 5.41) is 9.66. The van der Waals surface area contributed by atoms with Crippen molar-refractivity contribution in [3.8, 4) is 5.75 Å². The third-order valence-electron chi connectivity index (χ3n) is 2.23. The van der Waals surface area contributed by atoms with Gasteiger partial charge in [-0.1, -0.05) is 0 Å². The maximum Gasteiger partial charge on any atom is 0.226 e. The van der Waals surface area contributed by atoms with E-state index in [0.717, 1.165) is 0 Å². The first-order valence-electron chi connectivity index (χ1n) is 4.89. The minimum Gasteiger partial charge on any atom is -0.505 e. The van der Waals surface area contributed by atoms with E-state index in [1.165, 1.54) is 12.4 Å². The number of hydrogen-bond acceptors (Lipinski definition) is 5. The Labute approximate surface area is 97.1 Å². The first kappa shape index (κ1) is 11.0. The van der Waals surface area contributed by atoms with E-state index in [2.05, 4.69) is 19.9 Å². The molecule has 2 aromatic heterocycles. The Hall–Kier alpha value is -2.50. The summed E-state index contributed by atoms with van der Waals surface area (Å²) in [5.41, 5.74) is 1.02. The van der Waals surface area contributed by atoms with Crippen molar-refractivity contribution in [2.45, 2.75) is 6.92 Å². The molecule has 6 nitrogen and oxygen atoms in total. The number of aromatic hydroxyl groups is 1. The van der Waals surface area contributed by atoms with Crippen molar-refractivity contribution in [2.24, 2.45) is 4.99 Å². The largest absolute Gasteiger partial charge is 0.505 e. The molecule has 0 saturated heterocycles. The molecule has 2 heterocycles. The van der Waals surface area contributed by atoms with Gasteiger partial charge in [-0.2, -0.15) is 0 Å². The van der Waals surface area contributed by atoms with Crippen LogP contribution in [0, 0.1) is 6.92 Å². The highest BCUT2D eigenvalue weighted by molar-refractivity contribution is 5.95. The standard InChI is InChI=1S/C11H10N4O2/c1-7-10(17)9(6-16)8(4-14-7)5-15-11-12-2-3-13-11/h2-6,17H,1H3,(H,12,13)/b15-5+. The number of nitrogens with zero attached hydrogens (tertiary/aromatic N) is 3. The maximum absolute atomic E-state index is 10.9. The molecule has 0 saturated carbocycles. The normalized spacial score (nSPS) is 10.9. The topological polar surface area (TPSA) is 91.2 Å². The van der Waals surface area contributed by atoms with Gasteiger partial charge in [-0.25, -0.2) is 9.98 Å². The van der Waals surface area contributed by atoms with E-state index < -0.39 is 0 Å². The number of aromatic amines is 1. The van der Waals surface area contributed by atoms with Gasteiger partial charge < -0.3 is 10.1 Å². The van der Waals surface area contributed by atoms with Gasteiger partial charge in [-0.15, -0.1) is 0 Å². The first-order chi connectivity index (χ1) is 8.22. The lowest BCUT2D eigenvalue weighted by atomic mass is 10.1. The Bertz CT molecular complexity index is 561. The van der Waals surface area contributed by atoms with Gasteiger partial charge in [0.2, 0.25) is 5.95 Å². The lowest BCUT2D eigenvalue weighted by Crippen LogP contribution is -1.96. The molecule has 0 bridgehead atoms. The number of carbonyl (C=O) groups excluding carboxylic acids is 1. The molecule has 0 aliphatic carbocycles. The molecule has 2 N–H and O–H groups in total. The van der Waals surface area contributed by atoms with Crippen LogP contribution in [-0.4, -0.2) is 32.6 Å². The van der Waals surface area contributed by atoms with Gasteiger partial charge in [-0.05, 0) is 6.92 Å². The molecule has 0 unspecified atom stereocenters. The second-order valence-electron chi connectivity index (χ2n) is 3.35. The predicted molar refractivity (Wildman–Crippen MR) is 61.9 cm³/mol. The summed E-state index contributed by atoms with van der Waals surface area (Å²) >= 11 is 0. The van der Waals surface area contributed by atoms with Crippen LogP contribution in [0.2, 0.25) is 0 Å². The number of aliphatic imine (C=N–C) groups is 1. The summed E-state index contributed by atoms with van der Waals surface area (Å²) < 4.78 is 0. The van der Waals surface area contributed by atoms with Gasteiger partial charge in [0, 0.05) is 30.4 Å². The number of hydrogen-bond donors (Lipinski definition) is 2. The highest BCUT2D eigenvalue weighted by Crippen LogP contribution is 2.20. The third-order valence-corrected chi connectivity index (χ3v) is 2.23. The summed E-state index contributed by atoms with van der Waals surface area (Å²) in [6.07, 6.45) is 6.68. The van der Waals surface area contributed by atoms with E-state index in [1.807, 2.05) is 0 Å². The van der Waals surface area contributed by atoms with Crippen LogP contribution in [0.5, 0.6) is 5.75 Å². The van der Waals surface area contributed by atoms with Crippen LogP contribution in [0.3, 0.4) is 0 Å². The number of carbonyl (C=O) groups is 1. The number of imidazole rings is 1. The zero-order valence-corrected chi connectivity index (χ0v) is 9.08. The lowest BCUT2D eigenvalue weighted by Gasteiger charge is -2.03. The minimum absolute atomic E-state index is 0.122. The van der Waals surface area contributed by atoms with Crippen molar-refractivity contribution < 1.29 is 9.90 Å². The Kier molecular flexibility index (Phi) is 2.95. The molecule has 0 spiro atoms. The molecule has 0 fully saturated rings. The van der Waals surface area contributed by atoms with E-state index >= 15 is 0 Å². The van der Waals surface area contributed by atoms with Crippen LogP contribution in [0.4, 0.5) is 5.95 Å². The molecule has 6 heteroatoms. The monoisotopic (exact) mass is 230 g/mol. The number of H-pyrrole nitrogens is 1. The fourth-order valence-electron chi connectivity index (χ4n) is 1.31. The van der Waals surface area contributed by atoms with Crippen molar-refractivity contribution >= 4 is 18.4 Å². The van der Waals surface area contributed by atoms with Crippen LogP contribution in [0.25, 0.3) is 0 Å². The molecule has 0 aromatic carbocycles. The van der Waals surface area contributed by atoms with Crippen molar-refractivity contribution in [3.63, 3.8) is 0 Å². The Balaban J connectivity index is 2.39. The number of aldehydes is 1. The van der Waals surface area contributed by atoms with Crippen LogP contribution < -0.4 is 0 Å². The van der Waals surface area contributed by atoms with E-state index in [4.69, 9.17) is 0 Å². The van der Waals surface area contributed by atoms with E-state index in [9.17, 15) is 9.90 Å². The second-order valence-corrected chi connectivity index (χ2v) is 3.35. The Morgan fingerprint density at radius 2 is 2.29 bits per heavy atom. The molecular formula is C11H10N4O2. The molecule has 0 radical (unpaired) electrons. The van der Waals surface area contributed by atoms with Crippen LogP contribution in [0.15, 0.2) is 23.6 Å². The number of aryl methyl sites for hydroxylation is 1. The fourth-order valence-corrected chi connectivity index (χ4v) is 1.31. The molecular weight excluding hydrogens is 220 g/mol. The smallest absolute Gasteiger partial charge is 0.226 e. The van der Waals surface area contributed by atoms with Crippen molar-refractivity contribution in [1.29, 1.82) is 0 Å². The van der Waals surface area contributed by atoms with E-state index in [1.54, 1.807) is 19.3 Å². The average molecular weight is 230 g/mol. The molecule has 2 aromatic rings. The molecule has 0 aliphatic rings. The molecule has 0 aliphatic heterocycles. The maximum atomic E-state index is 10.9. The first-order valence-corrected chi connectivity index (χ1v) is 4.89. The Morgan fingerprint density at radius 1 is 1.47 bits per heavy atom. The van der Waals surface area contributed by atoms with Gasteiger partial charge in [-0.3, -0.25) is 9.78 Å². The summed E-state index contributed by atoms with van der Waals surface area (Å²) in [5.74, 6) is 0.297. The SMILES string of the molecule is Cc1ncc(/C=N/c2ncc[nH]2)c(C=O)c1O. The quantitative estimate of drug-likeness (QED) is 0.615. The number of rotatable bonds is 3. The molecule has 86 valence electrons. The van der Waals surface area contributed by atoms with Crippen molar-refractivity contribution in [3.05, 3.63) is 35.4 Å². The number of aromatic nitrogens is 3. The van der Waals surface area contributed by atoms with Gasteiger partial charge in [0.15, 0.2) is 6.29 Å². The highest BCUT2D eigenvalue weighted by atomic mass is 16.3. The number of nitrogens with one attached hydrogen (secondary N) is 1. The zero-order valence-electron chi connectivity index (χ0n) is 9.08. The molecule has 0 atom stereocenters. The fraction of sp³-hybridized carbons (Fsp3) is 0.0909. The minimum atomic E-state index is -0.122. The molecule has 0 amide bonds. The highest BCUT2D eigenvalue weighted by Gasteiger charge is 2.09. The summed E-state index contributed by atoms with van der Waals surface area (Å²) in [4.78, 5) is 25.6. The summed E-state index contributed by atoms with van der Waals surface area (Å²) in [6.45, 7) is 1.62. The third kappa shape index (κ3) is 2.20. The zero-order chi connectivity index (χ0) is 12.3. The summed E-state index contributed by atoms with van der Waals surface area (Å²) in [7, 11) is 0.